The Kier molecular flexibility index (Phi) is 6.40. The maximum absolute atomic E-state index is 14.9. The summed E-state index contributed by atoms with van der Waals surface area (Å²) in [6.07, 6.45) is 4.70. The van der Waals surface area contributed by atoms with Gasteiger partial charge in [-0.2, -0.15) is 5.26 Å². The van der Waals surface area contributed by atoms with Crippen molar-refractivity contribution in [2.75, 3.05) is 0 Å². The van der Waals surface area contributed by atoms with Gasteiger partial charge in [-0.25, -0.2) is 13.2 Å². The van der Waals surface area contributed by atoms with E-state index in [1.165, 1.54) is 17.7 Å². The molecule has 5 heteroatoms. The summed E-state index contributed by atoms with van der Waals surface area (Å²) in [6, 6.07) is 12.9. The minimum absolute atomic E-state index is 0.268. The van der Waals surface area contributed by atoms with Crippen molar-refractivity contribution < 1.29 is 13.2 Å². The van der Waals surface area contributed by atoms with Crippen molar-refractivity contribution in [1.29, 1.82) is 5.26 Å². The van der Waals surface area contributed by atoms with Crippen LogP contribution in [0.4, 0.5) is 13.2 Å². The van der Waals surface area contributed by atoms with Crippen LogP contribution in [0.3, 0.4) is 0 Å². The van der Waals surface area contributed by atoms with Gasteiger partial charge in [-0.15, -0.1) is 0 Å². The van der Waals surface area contributed by atoms with Crippen LogP contribution in [0.25, 0.3) is 17.2 Å². The normalized spacial score (nSPS) is 11.9. The lowest BCUT2D eigenvalue weighted by atomic mass is 10.0. The number of nitrogens with zero attached hydrogens (tertiary/aromatic N) is 1. The number of nitriles is 1. The van der Waals surface area contributed by atoms with Gasteiger partial charge in [0, 0.05) is 11.1 Å². The van der Waals surface area contributed by atoms with Crippen LogP contribution in [0.5, 0.6) is 0 Å². The zero-order valence-corrected chi connectivity index (χ0v) is 18.1. The Morgan fingerprint density at radius 2 is 1.66 bits per heavy atom. The third-order valence-corrected chi connectivity index (χ3v) is 6.01. The number of thioether (sulfide) groups is 1. The quantitative estimate of drug-likeness (QED) is 0.236. The number of benzene rings is 3. The van der Waals surface area contributed by atoms with E-state index in [2.05, 4.69) is 24.8 Å². The lowest BCUT2D eigenvalue weighted by molar-refractivity contribution is 0.542. The second-order valence-electron chi connectivity index (χ2n) is 7.51. The number of thiocyanates is 1. The Morgan fingerprint density at radius 3 is 2.31 bits per heavy atom. The summed E-state index contributed by atoms with van der Waals surface area (Å²) in [7, 11) is 0. The molecule has 32 heavy (non-hydrogen) atoms. The fraction of sp³-hybridized carbons (Fsp3) is 0.148. The fourth-order valence-corrected chi connectivity index (χ4v) is 4.19. The van der Waals surface area contributed by atoms with E-state index < -0.39 is 11.6 Å². The van der Waals surface area contributed by atoms with Gasteiger partial charge in [0.2, 0.25) is 0 Å². The Labute approximate surface area is 189 Å². The second-order valence-corrected chi connectivity index (χ2v) is 8.31. The maximum atomic E-state index is 14.9. The topological polar surface area (TPSA) is 23.8 Å². The first-order chi connectivity index (χ1) is 15.5. The van der Waals surface area contributed by atoms with Gasteiger partial charge in [0.05, 0.1) is 10.5 Å². The molecule has 0 N–H and O–H groups in total. The van der Waals surface area contributed by atoms with Gasteiger partial charge in [-0.3, -0.25) is 0 Å². The molecule has 0 saturated heterocycles. The van der Waals surface area contributed by atoms with E-state index in [0.717, 1.165) is 18.4 Å². The first-order valence-electron chi connectivity index (χ1n) is 10.2. The molecule has 0 atom stereocenters. The highest BCUT2D eigenvalue weighted by atomic mass is 32.2. The minimum Gasteiger partial charge on any atom is -0.206 e. The van der Waals surface area contributed by atoms with Crippen molar-refractivity contribution in [2.24, 2.45) is 0 Å². The van der Waals surface area contributed by atoms with Gasteiger partial charge in [0.25, 0.3) is 0 Å². The zero-order chi connectivity index (χ0) is 22.7. The third kappa shape index (κ3) is 4.44. The van der Waals surface area contributed by atoms with Gasteiger partial charge >= 0.3 is 0 Å². The molecule has 0 spiro atoms. The van der Waals surface area contributed by atoms with Crippen LogP contribution in [0.1, 0.15) is 42.0 Å². The van der Waals surface area contributed by atoms with Gasteiger partial charge in [-0.05, 0) is 71.6 Å². The van der Waals surface area contributed by atoms with Crippen LogP contribution in [0.2, 0.25) is 0 Å². The highest BCUT2D eigenvalue weighted by Gasteiger charge is 2.18. The summed E-state index contributed by atoms with van der Waals surface area (Å²) in [4.78, 5) is -0.313. The monoisotopic (exact) mass is 445 g/mol. The molecule has 0 bridgehead atoms. The molecule has 0 amide bonds. The average molecular weight is 446 g/mol. The minimum atomic E-state index is -0.779. The fourth-order valence-electron chi connectivity index (χ4n) is 3.78. The molecule has 1 aliphatic carbocycles. The molecule has 1 aliphatic rings. The van der Waals surface area contributed by atoms with E-state index in [9.17, 15) is 13.2 Å². The van der Waals surface area contributed by atoms with E-state index >= 15 is 0 Å². The summed E-state index contributed by atoms with van der Waals surface area (Å²) in [6.45, 7) is 2.11. The molecule has 0 fully saturated rings. The lowest BCUT2D eigenvalue weighted by Gasteiger charge is -2.06. The van der Waals surface area contributed by atoms with E-state index in [-0.39, 0.29) is 10.7 Å². The number of rotatable bonds is 4. The number of hydrogen-bond donors (Lipinski definition) is 0. The largest absolute Gasteiger partial charge is 0.206 e. The number of halogens is 3. The molecule has 0 unspecified atom stereocenters. The first kappa shape index (κ1) is 21.8. The van der Waals surface area contributed by atoms with Gasteiger partial charge in [-0.1, -0.05) is 55.0 Å². The Morgan fingerprint density at radius 1 is 0.938 bits per heavy atom. The highest BCUT2D eigenvalue weighted by molar-refractivity contribution is 8.03. The van der Waals surface area contributed by atoms with E-state index in [0.29, 0.717) is 46.0 Å². The molecule has 1 nitrogen and oxygen atoms in total. The average Bonchev–Trinajstić information content (AvgIpc) is 3.20. The number of fused-ring (bicyclic) bond motifs is 1. The second kappa shape index (κ2) is 9.39. The van der Waals surface area contributed by atoms with Crippen LogP contribution >= 0.6 is 11.8 Å². The predicted octanol–water partition coefficient (Wildman–Crippen LogP) is 7.48. The molecule has 0 heterocycles. The summed E-state index contributed by atoms with van der Waals surface area (Å²) in [5.41, 5.74) is 4.87. The molecule has 0 aromatic heterocycles. The van der Waals surface area contributed by atoms with Crippen LogP contribution in [-0.4, -0.2) is 0 Å². The molecular formula is C27H18F3NS. The molecule has 3 aromatic carbocycles. The molecular weight excluding hydrogens is 427 g/mol. The summed E-state index contributed by atoms with van der Waals surface area (Å²) >= 11 is 0.454. The smallest absolute Gasteiger partial charge is 0.142 e. The molecule has 158 valence electrons. The molecule has 4 rings (SSSR count). The molecule has 0 saturated carbocycles. The van der Waals surface area contributed by atoms with Crippen molar-refractivity contribution in [1.82, 2.24) is 0 Å². The highest BCUT2D eigenvalue weighted by Crippen LogP contribution is 2.32. The van der Waals surface area contributed by atoms with Gasteiger partial charge in [0.15, 0.2) is 0 Å². The van der Waals surface area contributed by atoms with E-state index in [1.807, 2.05) is 6.07 Å². The Hall–Kier alpha value is -3.41. The van der Waals surface area contributed by atoms with Crippen molar-refractivity contribution >= 4 is 17.8 Å². The van der Waals surface area contributed by atoms with Crippen molar-refractivity contribution in [3.63, 3.8) is 0 Å². The van der Waals surface area contributed by atoms with Crippen molar-refractivity contribution in [2.45, 2.75) is 31.1 Å². The van der Waals surface area contributed by atoms with Crippen LogP contribution in [0.15, 0.2) is 59.0 Å². The molecule has 3 aromatic rings. The summed E-state index contributed by atoms with van der Waals surface area (Å²) in [5, 5.41) is 10.3. The summed E-state index contributed by atoms with van der Waals surface area (Å²) < 4.78 is 43.1. The molecule has 0 aliphatic heterocycles. The van der Waals surface area contributed by atoms with Crippen LogP contribution in [-0.2, 0) is 6.42 Å². The number of allylic oxidation sites excluding steroid dienone is 1. The predicted molar refractivity (Wildman–Crippen MR) is 122 cm³/mol. The van der Waals surface area contributed by atoms with Crippen molar-refractivity contribution in [3.8, 4) is 28.4 Å². The van der Waals surface area contributed by atoms with Crippen molar-refractivity contribution in [3.05, 3.63) is 93.8 Å². The third-order valence-electron chi connectivity index (χ3n) is 5.32. The van der Waals surface area contributed by atoms with Gasteiger partial charge < -0.3 is 0 Å². The van der Waals surface area contributed by atoms with Gasteiger partial charge in [0.1, 0.15) is 22.9 Å². The Balaban J connectivity index is 1.55. The SMILES string of the molecule is CCCC1=Cc2ccc(C#Cc3ccc(-c4cc(F)c(SC#N)c(F)c4)cc3)c(F)c2C1. The first-order valence-corrected chi connectivity index (χ1v) is 11.0. The molecule has 0 radical (unpaired) electrons. The van der Waals surface area contributed by atoms with E-state index in [1.54, 1.807) is 35.7 Å². The van der Waals surface area contributed by atoms with Crippen LogP contribution in [0, 0.1) is 40.0 Å². The summed E-state index contributed by atoms with van der Waals surface area (Å²) in [5.74, 6) is 4.04. The standard InChI is InChI=1S/C27H18F3NS/c1-2-3-18-12-21-11-10-20(26(30)23(21)13-18)9-6-17-4-7-19(8-5-17)22-14-24(28)27(32-16-31)25(29)15-22/h4-5,7-8,10-12,14-15H,2-3,13H2,1H3. The Bertz CT molecular complexity index is 1300. The lowest BCUT2D eigenvalue weighted by Crippen LogP contribution is -1.94. The van der Waals surface area contributed by atoms with E-state index in [4.69, 9.17) is 5.26 Å². The zero-order valence-electron chi connectivity index (χ0n) is 17.3. The number of hydrogen-bond acceptors (Lipinski definition) is 2. The van der Waals surface area contributed by atoms with Crippen LogP contribution < -0.4 is 0 Å². The maximum Gasteiger partial charge on any atom is 0.142 e.